The number of halogens is 2. The van der Waals surface area contributed by atoms with E-state index in [4.69, 9.17) is 5.73 Å². The lowest BCUT2D eigenvalue weighted by Crippen LogP contribution is -2.39. The average Bonchev–Trinajstić information content (AvgIpc) is 2.67. The van der Waals surface area contributed by atoms with Crippen molar-refractivity contribution in [1.29, 1.82) is 0 Å². The molecule has 0 saturated carbocycles. The molecule has 0 aromatic heterocycles. The first-order chi connectivity index (χ1) is 9.95. The van der Waals surface area contributed by atoms with E-state index in [1.165, 1.54) is 49.9 Å². The molecule has 2 nitrogen and oxygen atoms in total. The molecule has 1 unspecified atom stereocenters. The number of hydrogen-bond donors (Lipinski definition) is 1. The Morgan fingerprint density at radius 1 is 0.957 bits per heavy atom. The number of likely N-dealkylation sites (tertiary alicyclic amines) is 1. The topological polar surface area (TPSA) is 29.3 Å². The SMILES string of the molecule is CC(C)(C)c1ccc(CC(N)CN2CCCCCC2)cc1.Cl.Cl. The molecule has 0 amide bonds. The molecule has 2 N–H and O–H groups in total. The number of nitrogens with two attached hydrogens (primary N) is 1. The summed E-state index contributed by atoms with van der Waals surface area (Å²) in [6.07, 6.45) is 6.45. The van der Waals surface area contributed by atoms with Crippen molar-refractivity contribution in [3.8, 4) is 0 Å². The molecule has 1 aliphatic rings. The Morgan fingerprint density at radius 3 is 1.96 bits per heavy atom. The minimum atomic E-state index is 0. The molecule has 2 rings (SSSR count). The molecule has 1 aromatic carbocycles. The van der Waals surface area contributed by atoms with Gasteiger partial charge in [-0.25, -0.2) is 0 Å². The summed E-state index contributed by atoms with van der Waals surface area (Å²) in [5, 5.41) is 0. The van der Waals surface area contributed by atoms with Crippen molar-refractivity contribution < 1.29 is 0 Å². The van der Waals surface area contributed by atoms with Crippen molar-refractivity contribution in [3.05, 3.63) is 35.4 Å². The molecule has 0 radical (unpaired) electrons. The highest BCUT2D eigenvalue weighted by Gasteiger charge is 2.15. The monoisotopic (exact) mass is 360 g/mol. The maximum Gasteiger partial charge on any atom is 0.0208 e. The maximum atomic E-state index is 6.37. The van der Waals surface area contributed by atoms with Crippen LogP contribution in [0.5, 0.6) is 0 Å². The summed E-state index contributed by atoms with van der Waals surface area (Å²) in [5.74, 6) is 0. The van der Waals surface area contributed by atoms with Crippen LogP contribution >= 0.6 is 24.8 Å². The zero-order chi connectivity index (χ0) is 15.3. The molecule has 1 atom stereocenters. The molecule has 4 heteroatoms. The predicted octanol–water partition coefficient (Wildman–Crippen LogP) is 4.57. The molecular weight excluding hydrogens is 327 g/mol. The standard InChI is InChI=1S/C19H32N2.2ClH/c1-19(2,3)17-10-8-16(9-11-17)14-18(20)15-21-12-6-4-5-7-13-21;;/h8-11,18H,4-7,12-15,20H2,1-3H3;2*1H. The van der Waals surface area contributed by atoms with E-state index in [1.807, 2.05) is 0 Å². The third-order valence-electron chi connectivity index (χ3n) is 4.51. The van der Waals surface area contributed by atoms with E-state index in [0.717, 1.165) is 13.0 Å². The second kappa shape index (κ2) is 10.6. The van der Waals surface area contributed by atoms with Gasteiger partial charge in [0, 0.05) is 12.6 Å². The highest BCUT2D eigenvalue weighted by molar-refractivity contribution is 5.85. The number of rotatable bonds is 4. The summed E-state index contributed by atoms with van der Waals surface area (Å²) < 4.78 is 0. The van der Waals surface area contributed by atoms with Crippen LogP contribution in [-0.4, -0.2) is 30.6 Å². The van der Waals surface area contributed by atoms with Crippen molar-refractivity contribution >= 4 is 24.8 Å². The van der Waals surface area contributed by atoms with E-state index >= 15 is 0 Å². The van der Waals surface area contributed by atoms with Crippen LogP contribution in [0.15, 0.2) is 24.3 Å². The molecule has 1 saturated heterocycles. The molecule has 134 valence electrons. The third-order valence-corrected chi connectivity index (χ3v) is 4.51. The third kappa shape index (κ3) is 7.89. The average molecular weight is 361 g/mol. The van der Waals surface area contributed by atoms with E-state index < -0.39 is 0 Å². The van der Waals surface area contributed by atoms with Gasteiger partial charge in [0.25, 0.3) is 0 Å². The quantitative estimate of drug-likeness (QED) is 0.851. The summed E-state index contributed by atoms with van der Waals surface area (Å²) in [7, 11) is 0. The van der Waals surface area contributed by atoms with E-state index in [-0.39, 0.29) is 36.3 Å². The molecule has 1 fully saturated rings. The summed E-state index contributed by atoms with van der Waals surface area (Å²) in [5.41, 5.74) is 9.36. The van der Waals surface area contributed by atoms with E-state index in [9.17, 15) is 0 Å². The molecule has 1 aliphatic heterocycles. The van der Waals surface area contributed by atoms with Gasteiger partial charge < -0.3 is 10.6 Å². The summed E-state index contributed by atoms with van der Waals surface area (Å²) in [4.78, 5) is 2.56. The Labute approximate surface area is 155 Å². The maximum absolute atomic E-state index is 6.37. The summed E-state index contributed by atoms with van der Waals surface area (Å²) in [6.45, 7) is 10.3. The van der Waals surface area contributed by atoms with Gasteiger partial charge in [-0.2, -0.15) is 0 Å². The van der Waals surface area contributed by atoms with Crippen LogP contribution in [0.1, 0.15) is 57.6 Å². The zero-order valence-corrected chi connectivity index (χ0v) is 16.5. The zero-order valence-electron chi connectivity index (χ0n) is 14.9. The summed E-state index contributed by atoms with van der Waals surface area (Å²) >= 11 is 0. The minimum Gasteiger partial charge on any atom is -0.326 e. The fourth-order valence-electron chi connectivity index (χ4n) is 3.16. The Morgan fingerprint density at radius 2 is 1.48 bits per heavy atom. The van der Waals surface area contributed by atoms with Gasteiger partial charge in [-0.15, -0.1) is 24.8 Å². The van der Waals surface area contributed by atoms with Gasteiger partial charge in [0.05, 0.1) is 0 Å². The van der Waals surface area contributed by atoms with Crippen molar-refractivity contribution in [2.75, 3.05) is 19.6 Å². The van der Waals surface area contributed by atoms with E-state index in [1.54, 1.807) is 0 Å². The van der Waals surface area contributed by atoms with Crippen LogP contribution < -0.4 is 5.73 Å². The van der Waals surface area contributed by atoms with Gasteiger partial charge >= 0.3 is 0 Å². The lowest BCUT2D eigenvalue weighted by atomic mass is 9.86. The molecule has 1 heterocycles. The van der Waals surface area contributed by atoms with Crippen LogP contribution in [-0.2, 0) is 11.8 Å². The molecule has 23 heavy (non-hydrogen) atoms. The van der Waals surface area contributed by atoms with Crippen LogP contribution in [0, 0.1) is 0 Å². The van der Waals surface area contributed by atoms with Gasteiger partial charge in [-0.1, -0.05) is 57.9 Å². The highest BCUT2D eigenvalue weighted by Crippen LogP contribution is 2.22. The van der Waals surface area contributed by atoms with E-state index in [2.05, 4.69) is 49.9 Å². The van der Waals surface area contributed by atoms with Crippen molar-refractivity contribution in [2.24, 2.45) is 5.73 Å². The first kappa shape index (κ1) is 22.7. The van der Waals surface area contributed by atoms with Gasteiger partial charge in [0.1, 0.15) is 0 Å². The first-order valence-corrected chi connectivity index (χ1v) is 8.52. The fraction of sp³-hybridized carbons (Fsp3) is 0.684. The lowest BCUT2D eigenvalue weighted by Gasteiger charge is -2.24. The van der Waals surface area contributed by atoms with Gasteiger partial charge in [0.15, 0.2) is 0 Å². The van der Waals surface area contributed by atoms with Crippen LogP contribution in [0.25, 0.3) is 0 Å². The number of benzene rings is 1. The smallest absolute Gasteiger partial charge is 0.0208 e. The highest BCUT2D eigenvalue weighted by atomic mass is 35.5. The van der Waals surface area contributed by atoms with Gasteiger partial charge in [-0.05, 0) is 48.9 Å². The van der Waals surface area contributed by atoms with Gasteiger partial charge in [0.2, 0.25) is 0 Å². The predicted molar refractivity (Wildman–Crippen MR) is 106 cm³/mol. The Bertz CT molecular complexity index is 418. The molecule has 0 spiro atoms. The van der Waals surface area contributed by atoms with Crippen LogP contribution in [0.2, 0.25) is 0 Å². The first-order valence-electron chi connectivity index (χ1n) is 8.52. The van der Waals surface area contributed by atoms with Crippen molar-refractivity contribution in [2.45, 2.75) is 64.3 Å². The normalized spacial score (nSPS) is 17.6. The molecular formula is C19H34Cl2N2. The van der Waals surface area contributed by atoms with Crippen molar-refractivity contribution in [3.63, 3.8) is 0 Å². The Hall–Kier alpha value is -0.280. The summed E-state index contributed by atoms with van der Waals surface area (Å²) in [6, 6.07) is 9.27. The fourth-order valence-corrected chi connectivity index (χ4v) is 3.16. The van der Waals surface area contributed by atoms with Crippen LogP contribution in [0.4, 0.5) is 0 Å². The Kier molecular flexibility index (Phi) is 10.4. The van der Waals surface area contributed by atoms with Crippen molar-refractivity contribution in [1.82, 2.24) is 4.90 Å². The molecule has 0 aliphatic carbocycles. The van der Waals surface area contributed by atoms with Gasteiger partial charge in [-0.3, -0.25) is 0 Å². The minimum absolute atomic E-state index is 0. The Balaban J connectivity index is 0.00000242. The van der Waals surface area contributed by atoms with E-state index in [0.29, 0.717) is 0 Å². The molecule has 0 bridgehead atoms. The largest absolute Gasteiger partial charge is 0.326 e. The molecule has 1 aromatic rings. The van der Waals surface area contributed by atoms with Crippen LogP contribution in [0.3, 0.4) is 0 Å². The second-order valence-electron chi connectivity index (χ2n) is 7.63. The lowest BCUT2D eigenvalue weighted by molar-refractivity contribution is 0.266. The number of hydrogen-bond acceptors (Lipinski definition) is 2. The second-order valence-corrected chi connectivity index (χ2v) is 7.63. The number of nitrogens with zero attached hydrogens (tertiary/aromatic N) is 1.